The van der Waals surface area contributed by atoms with Gasteiger partial charge in [0.1, 0.15) is 0 Å². The fourth-order valence-electron chi connectivity index (χ4n) is 7.02. The zero-order valence-electron chi connectivity index (χ0n) is 25.0. The highest BCUT2D eigenvalue weighted by Gasteiger charge is 2.68. The van der Waals surface area contributed by atoms with Crippen LogP contribution in [0.4, 0.5) is 0 Å². The molecule has 2 heterocycles. The number of amides is 1. The number of nitrogens with two attached hydrogens (primary N) is 1. The molecule has 1 amide bonds. The summed E-state index contributed by atoms with van der Waals surface area (Å²) in [5, 5.41) is 13.0. The van der Waals surface area contributed by atoms with Crippen LogP contribution in [0.2, 0.25) is 0 Å². The average molecular weight is 590 g/mol. The van der Waals surface area contributed by atoms with Crippen molar-refractivity contribution >= 4 is 36.1 Å². The molecule has 6 atom stereocenters. The number of carbonyl (C=O) groups excluding carboxylic acids is 2. The number of nitrogens with one attached hydrogen (secondary N) is 2. The van der Waals surface area contributed by atoms with Crippen LogP contribution in [-0.2, 0) is 14.1 Å². The van der Waals surface area contributed by atoms with Gasteiger partial charge in [-0.3, -0.25) is 9.59 Å². The Kier molecular flexibility index (Phi) is 9.50. The molecule has 0 unspecified atom stereocenters. The number of hydrogen-bond donors (Lipinski definition) is 3. The summed E-state index contributed by atoms with van der Waals surface area (Å²) < 4.78 is 13.2. The van der Waals surface area contributed by atoms with E-state index >= 15 is 0 Å². The number of ketones is 1. The normalized spacial score (nSPS) is 28.0. The van der Waals surface area contributed by atoms with Gasteiger partial charge >= 0.3 is 7.12 Å². The van der Waals surface area contributed by atoms with E-state index in [4.69, 9.17) is 15.0 Å². The number of Topliss-reactive ketones (excluding diaryl/α,β-unsaturated/α-hetero) is 1. The second-order valence-electron chi connectivity index (χ2n) is 13.1. The van der Waals surface area contributed by atoms with Gasteiger partial charge in [-0.2, -0.15) is 0 Å². The Morgan fingerprint density at radius 1 is 1.29 bits per heavy atom. The van der Waals surface area contributed by atoms with Gasteiger partial charge < -0.3 is 20.4 Å². The van der Waals surface area contributed by atoms with E-state index in [0.29, 0.717) is 36.0 Å². The quantitative estimate of drug-likeness (QED) is 0.0594. The summed E-state index contributed by atoms with van der Waals surface area (Å²) in [6.07, 6.45) is 3.64. The van der Waals surface area contributed by atoms with E-state index in [1.54, 1.807) is 6.07 Å². The number of rotatable bonds is 13. The number of nitro groups is 1. The Morgan fingerprint density at radius 3 is 2.63 bits per heavy atom. The molecular weight excluding hydrogens is 545 g/mol. The number of aryl methyl sites for hydroxylation is 1. The SMILES string of the molecule is Cc1ccc(C(=O)C[C@@H](CCCN=C(N)N[N+](=O)[O-])C(=O)N[C@@H](CC(C)C)B2O[C@@H]3C[C@@H]4C[C@@H](C4(C)C)[C@]3(C)O2)s1. The first kappa shape index (κ1) is 31.4. The largest absolute Gasteiger partial charge is 0.481 e. The minimum Gasteiger partial charge on any atom is -0.404 e. The van der Waals surface area contributed by atoms with Crippen molar-refractivity contribution in [3.05, 3.63) is 32.0 Å². The molecule has 5 rings (SSSR count). The van der Waals surface area contributed by atoms with Gasteiger partial charge in [0.25, 0.3) is 5.96 Å². The van der Waals surface area contributed by atoms with Crippen molar-refractivity contribution in [2.75, 3.05) is 6.54 Å². The topological polar surface area (TPSA) is 158 Å². The molecule has 1 saturated heterocycles. The first-order chi connectivity index (χ1) is 19.2. The standard InChI is InChI=1S/C28H44BN5O6S/c1-16(2)12-24(29-39-23-15-19-14-22(27(19,4)5)28(23,6)40-29)32-25(36)18(8-7-11-31-26(30)33-34(37)38)13-20(35)21-10-9-17(3)41-21/h9-10,16,18-19,22-24H,7-8,11-15H2,1-6H3,(H,32,36)(H3,30,31,33)/t18-,19+,22+,23-,24+,28+/m1/s1. The van der Waals surface area contributed by atoms with Crippen molar-refractivity contribution in [3.8, 4) is 0 Å². The Morgan fingerprint density at radius 2 is 2.02 bits per heavy atom. The van der Waals surface area contributed by atoms with E-state index in [-0.39, 0.29) is 59.6 Å². The number of hydrogen-bond acceptors (Lipinski definition) is 8. The molecule has 2 bridgehead atoms. The van der Waals surface area contributed by atoms with Gasteiger partial charge in [-0.05, 0) is 81.3 Å². The molecule has 3 saturated carbocycles. The average Bonchev–Trinajstić information content (AvgIpc) is 3.47. The van der Waals surface area contributed by atoms with Gasteiger partial charge in [-0.15, -0.1) is 11.3 Å². The minimum atomic E-state index is -0.778. The fraction of sp³-hybridized carbons (Fsp3) is 0.750. The molecule has 0 aromatic carbocycles. The van der Waals surface area contributed by atoms with Crippen LogP contribution in [0.5, 0.6) is 0 Å². The monoisotopic (exact) mass is 589 g/mol. The first-order valence-electron chi connectivity index (χ1n) is 14.6. The number of aliphatic imine (C=N–C) groups is 1. The first-order valence-corrected chi connectivity index (χ1v) is 15.5. The van der Waals surface area contributed by atoms with Crippen LogP contribution in [0.1, 0.15) is 87.7 Å². The molecule has 0 spiro atoms. The Bertz CT molecular complexity index is 1170. The molecule has 1 aromatic heterocycles. The van der Waals surface area contributed by atoms with Crippen LogP contribution in [0.3, 0.4) is 0 Å². The Balaban J connectivity index is 1.46. The summed E-state index contributed by atoms with van der Waals surface area (Å²) in [5.74, 6) is -0.255. The van der Waals surface area contributed by atoms with Gasteiger partial charge in [0.15, 0.2) is 10.8 Å². The third kappa shape index (κ3) is 6.94. The second-order valence-corrected chi connectivity index (χ2v) is 14.4. The van der Waals surface area contributed by atoms with Gasteiger partial charge in [-0.25, -0.2) is 15.1 Å². The molecule has 4 fully saturated rings. The molecule has 11 nitrogen and oxygen atoms in total. The highest BCUT2D eigenvalue weighted by atomic mass is 32.1. The molecule has 13 heteroatoms. The highest BCUT2D eigenvalue weighted by Crippen LogP contribution is 2.65. The number of nitrogens with zero attached hydrogens (tertiary/aromatic N) is 2. The summed E-state index contributed by atoms with van der Waals surface area (Å²) in [5.41, 5.74) is 7.16. The van der Waals surface area contributed by atoms with Crippen molar-refractivity contribution in [1.29, 1.82) is 0 Å². The van der Waals surface area contributed by atoms with Crippen molar-refractivity contribution in [2.24, 2.45) is 39.8 Å². The molecule has 1 aliphatic heterocycles. The third-order valence-corrected chi connectivity index (χ3v) is 10.4. The van der Waals surface area contributed by atoms with E-state index in [0.717, 1.165) is 17.7 Å². The predicted molar refractivity (Wildman–Crippen MR) is 159 cm³/mol. The predicted octanol–water partition coefficient (Wildman–Crippen LogP) is 3.92. The molecule has 226 valence electrons. The zero-order valence-corrected chi connectivity index (χ0v) is 25.8. The van der Waals surface area contributed by atoms with Crippen LogP contribution in [-0.4, -0.2) is 54.0 Å². The van der Waals surface area contributed by atoms with Gasteiger partial charge in [0.2, 0.25) is 5.91 Å². The summed E-state index contributed by atoms with van der Waals surface area (Å²) in [7, 11) is -0.555. The molecule has 41 heavy (non-hydrogen) atoms. The smallest absolute Gasteiger partial charge is 0.404 e. The molecule has 0 radical (unpaired) electrons. The van der Waals surface area contributed by atoms with Crippen molar-refractivity contribution < 1.29 is 23.9 Å². The fourth-order valence-corrected chi connectivity index (χ4v) is 7.83. The lowest BCUT2D eigenvalue weighted by Crippen LogP contribution is -2.65. The van der Waals surface area contributed by atoms with E-state index in [1.807, 2.05) is 18.4 Å². The third-order valence-electron chi connectivity index (χ3n) is 9.37. The zero-order chi connectivity index (χ0) is 30.1. The van der Waals surface area contributed by atoms with Crippen LogP contribution < -0.4 is 16.5 Å². The number of hydrazine groups is 1. The van der Waals surface area contributed by atoms with Gasteiger partial charge in [0.05, 0.1) is 22.5 Å². The van der Waals surface area contributed by atoms with Crippen molar-refractivity contribution in [3.63, 3.8) is 0 Å². The molecule has 4 N–H and O–H groups in total. The number of guanidine groups is 1. The second kappa shape index (κ2) is 12.4. The lowest BCUT2D eigenvalue weighted by Gasteiger charge is -2.64. The maximum Gasteiger partial charge on any atom is 0.481 e. The van der Waals surface area contributed by atoms with Crippen LogP contribution in [0.25, 0.3) is 0 Å². The van der Waals surface area contributed by atoms with Crippen molar-refractivity contribution in [2.45, 2.75) is 97.7 Å². The lowest BCUT2D eigenvalue weighted by atomic mass is 9.43. The van der Waals surface area contributed by atoms with Crippen LogP contribution in [0, 0.1) is 46.1 Å². The van der Waals surface area contributed by atoms with E-state index in [9.17, 15) is 19.7 Å². The van der Waals surface area contributed by atoms with Gasteiger partial charge in [-0.1, -0.05) is 33.1 Å². The summed E-state index contributed by atoms with van der Waals surface area (Å²) >= 11 is 1.41. The van der Waals surface area contributed by atoms with Crippen LogP contribution >= 0.6 is 11.3 Å². The van der Waals surface area contributed by atoms with E-state index in [2.05, 4.69) is 44.9 Å². The van der Waals surface area contributed by atoms with Crippen molar-refractivity contribution in [1.82, 2.24) is 10.7 Å². The molecule has 3 aliphatic carbocycles. The Labute approximate surface area is 246 Å². The maximum absolute atomic E-state index is 13.8. The molecule has 4 aliphatic rings. The summed E-state index contributed by atoms with van der Waals surface area (Å²) in [6, 6.07) is 3.69. The van der Waals surface area contributed by atoms with Gasteiger partial charge in [0, 0.05) is 23.8 Å². The summed E-state index contributed by atoms with van der Waals surface area (Å²) in [4.78, 5) is 43.1. The molecule has 1 aromatic rings. The van der Waals surface area contributed by atoms with E-state index < -0.39 is 18.1 Å². The minimum absolute atomic E-state index is 0.00591. The van der Waals surface area contributed by atoms with Crippen LogP contribution in [0.15, 0.2) is 17.1 Å². The summed E-state index contributed by atoms with van der Waals surface area (Å²) in [6.45, 7) is 13.1. The highest BCUT2D eigenvalue weighted by molar-refractivity contribution is 7.14. The Hall–Kier alpha value is -2.51. The maximum atomic E-state index is 13.8. The lowest BCUT2D eigenvalue weighted by molar-refractivity contribution is -0.525. The van der Waals surface area contributed by atoms with E-state index in [1.165, 1.54) is 11.3 Å². The number of carbonyl (C=O) groups is 2. The molecular formula is C28H44BN5O6S. The number of thiophene rings is 1.